The predicted molar refractivity (Wildman–Crippen MR) is 96.9 cm³/mol. The van der Waals surface area contributed by atoms with E-state index >= 15 is 0 Å². The van der Waals surface area contributed by atoms with Gasteiger partial charge in [-0.3, -0.25) is 9.97 Å². The molecule has 0 N–H and O–H groups in total. The van der Waals surface area contributed by atoms with Crippen LogP contribution in [-0.4, -0.2) is 29.1 Å². The van der Waals surface area contributed by atoms with Crippen LogP contribution in [0.25, 0.3) is 11.0 Å². The molecule has 0 saturated carbocycles. The minimum absolute atomic E-state index is 0.0276. The molecule has 0 aliphatic carbocycles. The van der Waals surface area contributed by atoms with E-state index in [1.807, 2.05) is 32.3 Å². The quantitative estimate of drug-likeness (QED) is 0.651. The number of hydrogen-bond donors (Lipinski definition) is 0. The van der Waals surface area contributed by atoms with Crippen LogP contribution < -0.4 is 4.90 Å². The minimum atomic E-state index is 0.0276. The SMILES string of the molecule is COC(C)c1nc(CN(C)c2ccnc3cc(Br)cnc23)cs1. The van der Waals surface area contributed by atoms with E-state index in [-0.39, 0.29) is 6.10 Å². The van der Waals surface area contributed by atoms with Gasteiger partial charge in [0.2, 0.25) is 0 Å². The van der Waals surface area contributed by atoms with Crippen LogP contribution >= 0.6 is 27.3 Å². The number of aromatic nitrogens is 3. The van der Waals surface area contributed by atoms with Gasteiger partial charge in [-0.15, -0.1) is 11.3 Å². The first kappa shape index (κ1) is 16.3. The highest BCUT2D eigenvalue weighted by atomic mass is 79.9. The average molecular weight is 393 g/mol. The van der Waals surface area contributed by atoms with Crippen LogP contribution in [0.2, 0.25) is 0 Å². The van der Waals surface area contributed by atoms with E-state index in [2.05, 4.69) is 41.2 Å². The molecule has 0 aliphatic rings. The fourth-order valence-corrected chi connectivity index (χ4v) is 3.47. The van der Waals surface area contributed by atoms with E-state index in [9.17, 15) is 0 Å². The number of halogens is 1. The average Bonchev–Trinajstić information content (AvgIpc) is 3.01. The monoisotopic (exact) mass is 392 g/mol. The Bertz CT molecular complexity index is 823. The standard InChI is InChI=1S/C16H17BrN4OS/c1-10(22-3)16-20-12(9-23-16)8-21(2)14-4-5-18-13-6-11(17)7-19-15(13)14/h4-7,9-10H,8H2,1-3H3. The van der Waals surface area contributed by atoms with Crippen molar-refractivity contribution in [2.45, 2.75) is 19.6 Å². The molecule has 0 aromatic carbocycles. The van der Waals surface area contributed by atoms with Gasteiger partial charge in [0.05, 0.1) is 23.4 Å². The van der Waals surface area contributed by atoms with E-state index in [0.29, 0.717) is 6.54 Å². The molecule has 23 heavy (non-hydrogen) atoms. The van der Waals surface area contributed by atoms with Gasteiger partial charge < -0.3 is 9.64 Å². The maximum Gasteiger partial charge on any atom is 0.122 e. The topological polar surface area (TPSA) is 51.1 Å². The van der Waals surface area contributed by atoms with Crippen molar-refractivity contribution in [3.05, 3.63) is 45.1 Å². The Morgan fingerprint density at radius 1 is 1.39 bits per heavy atom. The normalized spacial score (nSPS) is 12.5. The molecule has 3 heterocycles. The van der Waals surface area contributed by atoms with Crippen molar-refractivity contribution in [3.8, 4) is 0 Å². The molecule has 0 radical (unpaired) electrons. The minimum Gasteiger partial charge on any atom is -0.375 e. The Morgan fingerprint density at radius 2 is 2.22 bits per heavy atom. The van der Waals surface area contributed by atoms with Gasteiger partial charge in [-0.2, -0.15) is 0 Å². The first-order valence-electron chi connectivity index (χ1n) is 7.17. The summed E-state index contributed by atoms with van der Waals surface area (Å²) in [5.41, 5.74) is 3.82. The Hall–Kier alpha value is -1.57. The fraction of sp³-hybridized carbons (Fsp3) is 0.312. The van der Waals surface area contributed by atoms with E-state index in [4.69, 9.17) is 4.74 Å². The van der Waals surface area contributed by atoms with Crippen LogP contribution in [0.5, 0.6) is 0 Å². The Morgan fingerprint density at radius 3 is 3.00 bits per heavy atom. The molecule has 7 heteroatoms. The predicted octanol–water partition coefficient (Wildman–Crippen LogP) is 4.19. The number of fused-ring (bicyclic) bond motifs is 1. The molecule has 0 aliphatic heterocycles. The zero-order chi connectivity index (χ0) is 16.4. The van der Waals surface area contributed by atoms with Crippen molar-refractivity contribution in [1.29, 1.82) is 0 Å². The van der Waals surface area contributed by atoms with Crippen molar-refractivity contribution < 1.29 is 4.74 Å². The van der Waals surface area contributed by atoms with Crippen LogP contribution in [0.15, 0.2) is 34.4 Å². The summed E-state index contributed by atoms with van der Waals surface area (Å²) in [5.74, 6) is 0. The summed E-state index contributed by atoms with van der Waals surface area (Å²) in [4.78, 5) is 15.7. The number of rotatable bonds is 5. The lowest BCUT2D eigenvalue weighted by Crippen LogP contribution is -2.17. The lowest BCUT2D eigenvalue weighted by molar-refractivity contribution is 0.119. The fourth-order valence-electron chi connectivity index (χ4n) is 2.31. The summed E-state index contributed by atoms with van der Waals surface area (Å²) < 4.78 is 6.25. The molecule has 3 aromatic rings. The molecule has 3 aromatic heterocycles. The lowest BCUT2D eigenvalue weighted by Gasteiger charge is -2.19. The van der Waals surface area contributed by atoms with Crippen molar-refractivity contribution in [2.24, 2.45) is 0 Å². The highest BCUT2D eigenvalue weighted by Gasteiger charge is 2.13. The highest BCUT2D eigenvalue weighted by Crippen LogP contribution is 2.27. The molecule has 1 unspecified atom stereocenters. The number of hydrogen-bond acceptors (Lipinski definition) is 6. The number of nitrogens with zero attached hydrogens (tertiary/aromatic N) is 4. The van der Waals surface area contributed by atoms with E-state index in [1.165, 1.54) is 0 Å². The third-order valence-electron chi connectivity index (χ3n) is 3.60. The summed E-state index contributed by atoms with van der Waals surface area (Å²) in [6.45, 7) is 2.72. The first-order chi connectivity index (χ1) is 11.1. The van der Waals surface area contributed by atoms with Crippen LogP contribution in [0.3, 0.4) is 0 Å². The lowest BCUT2D eigenvalue weighted by atomic mass is 10.2. The van der Waals surface area contributed by atoms with Crippen LogP contribution in [0, 0.1) is 0 Å². The van der Waals surface area contributed by atoms with Gasteiger partial charge in [-0.1, -0.05) is 0 Å². The Balaban J connectivity index is 1.86. The molecular formula is C16H17BrN4OS. The summed E-state index contributed by atoms with van der Waals surface area (Å²) >= 11 is 5.06. The molecule has 0 fully saturated rings. The van der Waals surface area contributed by atoms with Crippen molar-refractivity contribution in [2.75, 3.05) is 19.1 Å². The molecule has 0 spiro atoms. The number of thiazole rings is 1. The summed E-state index contributed by atoms with van der Waals surface area (Å²) in [5, 5.41) is 3.08. The second-order valence-corrected chi connectivity index (χ2v) is 7.07. The molecule has 1 atom stereocenters. The van der Waals surface area contributed by atoms with Crippen molar-refractivity contribution in [1.82, 2.24) is 15.0 Å². The Labute approximate surface area is 147 Å². The molecule has 3 rings (SSSR count). The number of pyridine rings is 2. The number of ether oxygens (including phenoxy) is 1. The molecule has 120 valence electrons. The van der Waals surface area contributed by atoms with Gasteiger partial charge in [-0.05, 0) is 35.0 Å². The third-order valence-corrected chi connectivity index (χ3v) is 5.09. The van der Waals surface area contributed by atoms with Gasteiger partial charge in [-0.25, -0.2) is 4.98 Å². The number of methoxy groups -OCH3 is 1. The molecule has 5 nitrogen and oxygen atoms in total. The summed E-state index contributed by atoms with van der Waals surface area (Å²) in [6, 6.07) is 3.95. The summed E-state index contributed by atoms with van der Waals surface area (Å²) in [7, 11) is 3.74. The van der Waals surface area contributed by atoms with Gasteiger partial charge in [0, 0.05) is 36.4 Å². The van der Waals surface area contributed by atoms with Crippen LogP contribution in [0.4, 0.5) is 5.69 Å². The largest absolute Gasteiger partial charge is 0.375 e. The molecule has 0 amide bonds. The van der Waals surface area contributed by atoms with Crippen LogP contribution in [0.1, 0.15) is 23.7 Å². The Kier molecular flexibility index (Phi) is 4.89. The molecule has 0 saturated heterocycles. The maximum absolute atomic E-state index is 5.32. The highest BCUT2D eigenvalue weighted by molar-refractivity contribution is 9.10. The van der Waals surface area contributed by atoms with Gasteiger partial charge >= 0.3 is 0 Å². The van der Waals surface area contributed by atoms with Gasteiger partial charge in [0.25, 0.3) is 0 Å². The van der Waals surface area contributed by atoms with Crippen LogP contribution in [-0.2, 0) is 11.3 Å². The van der Waals surface area contributed by atoms with Gasteiger partial charge in [0.15, 0.2) is 0 Å². The van der Waals surface area contributed by atoms with Crippen molar-refractivity contribution >= 4 is 44.0 Å². The van der Waals surface area contributed by atoms with Gasteiger partial charge in [0.1, 0.15) is 16.6 Å². The van der Waals surface area contributed by atoms with E-state index < -0.39 is 0 Å². The number of anilines is 1. The molecule has 0 bridgehead atoms. The first-order valence-corrected chi connectivity index (χ1v) is 8.84. The summed E-state index contributed by atoms with van der Waals surface area (Å²) in [6.07, 6.45) is 3.63. The van der Waals surface area contributed by atoms with Crippen molar-refractivity contribution in [3.63, 3.8) is 0 Å². The third kappa shape index (κ3) is 3.52. The second kappa shape index (κ2) is 6.90. The smallest absolute Gasteiger partial charge is 0.122 e. The van der Waals surface area contributed by atoms with E-state index in [0.717, 1.165) is 31.9 Å². The molecular weight excluding hydrogens is 376 g/mol. The maximum atomic E-state index is 5.32. The second-order valence-electron chi connectivity index (χ2n) is 5.26. The zero-order valence-corrected chi connectivity index (χ0v) is 15.6. The van der Waals surface area contributed by atoms with E-state index in [1.54, 1.807) is 24.6 Å². The zero-order valence-electron chi connectivity index (χ0n) is 13.2.